The number of ether oxygens (including phenoxy) is 1. The summed E-state index contributed by atoms with van der Waals surface area (Å²) in [6.45, 7) is 3.70. The van der Waals surface area contributed by atoms with Crippen LogP contribution >= 0.6 is 0 Å². The normalized spacial score (nSPS) is 17.4. The molecule has 174 valence electrons. The van der Waals surface area contributed by atoms with Crippen LogP contribution in [-0.4, -0.2) is 41.4 Å². The second-order valence-corrected chi connectivity index (χ2v) is 8.32. The highest BCUT2D eigenvalue weighted by Crippen LogP contribution is 2.40. The second-order valence-electron chi connectivity index (χ2n) is 8.32. The predicted octanol–water partition coefficient (Wildman–Crippen LogP) is 1.70. The molecule has 1 unspecified atom stereocenters. The lowest BCUT2D eigenvalue weighted by molar-refractivity contribution is -0.134. The number of benzene rings is 1. The molecule has 0 bridgehead atoms. The summed E-state index contributed by atoms with van der Waals surface area (Å²) < 4.78 is 5.70. The first-order valence-electron chi connectivity index (χ1n) is 10.9. The lowest BCUT2D eigenvalue weighted by Crippen LogP contribution is -2.40. The molecule has 1 aromatic carbocycles. The molecule has 1 atom stereocenters. The Morgan fingerprint density at radius 1 is 1.26 bits per heavy atom. The van der Waals surface area contributed by atoms with E-state index in [1.54, 1.807) is 24.3 Å². The number of nitrogen functional groups attached to an aromatic ring is 2. The van der Waals surface area contributed by atoms with Crippen LogP contribution in [0.5, 0.6) is 5.75 Å². The Bertz CT molecular complexity index is 1200. The van der Waals surface area contributed by atoms with E-state index in [2.05, 4.69) is 27.5 Å². The van der Waals surface area contributed by atoms with Crippen molar-refractivity contribution >= 4 is 29.2 Å². The molecule has 1 saturated heterocycles. The fourth-order valence-corrected chi connectivity index (χ4v) is 4.06. The van der Waals surface area contributed by atoms with E-state index in [9.17, 15) is 10.1 Å². The number of nitriles is 2. The average molecular weight is 460 g/mol. The summed E-state index contributed by atoms with van der Waals surface area (Å²) in [5.41, 5.74) is 13.6. The van der Waals surface area contributed by atoms with E-state index in [4.69, 9.17) is 21.5 Å². The highest BCUT2D eigenvalue weighted by molar-refractivity contribution is 5.98. The number of nitrogens with one attached hydrogen (secondary N) is 2. The van der Waals surface area contributed by atoms with Crippen LogP contribution in [0.3, 0.4) is 0 Å². The summed E-state index contributed by atoms with van der Waals surface area (Å²) in [5, 5.41) is 23.8. The molecule has 34 heavy (non-hydrogen) atoms. The van der Waals surface area contributed by atoms with Crippen LogP contribution in [0.15, 0.2) is 29.3 Å². The van der Waals surface area contributed by atoms with Gasteiger partial charge in [-0.3, -0.25) is 10.1 Å². The first-order valence-corrected chi connectivity index (χ1v) is 10.9. The lowest BCUT2D eigenvalue weighted by Gasteiger charge is -2.30. The molecule has 1 aromatic heterocycles. The summed E-state index contributed by atoms with van der Waals surface area (Å²) in [5.74, 6) is 1.64. The van der Waals surface area contributed by atoms with Crippen molar-refractivity contribution in [2.75, 3.05) is 36.5 Å². The molecule has 6 N–H and O–H groups in total. The fraction of sp³-hybridized carbons (Fsp3) is 0.348. The van der Waals surface area contributed by atoms with Gasteiger partial charge in [-0.05, 0) is 36.5 Å². The number of pyridine rings is 1. The Balaban J connectivity index is 1.54. The van der Waals surface area contributed by atoms with Gasteiger partial charge in [0.05, 0.1) is 5.69 Å². The van der Waals surface area contributed by atoms with Gasteiger partial charge in [0.1, 0.15) is 35.1 Å². The molecule has 11 heteroatoms. The highest BCUT2D eigenvalue weighted by atomic mass is 16.5. The Morgan fingerprint density at radius 2 is 1.97 bits per heavy atom. The predicted molar refractivity (Wildman–Crippen MR) is 126 cm³/mol. The number of carbonyl (C=O) groups is 1. The number of carbonyl (C=O) groups excluding carboxylic acids is 1. The number of hydrogen-bond donors (Lipinski definition) is 4. The van der Waals surface area contributed by atoms with Crippen molar-refractivity contribution in [1.82, 2.24) is 15.2 Å². The molecule has 3 heterocycles. The maximum atomic E-state index is 12.4. The molecular weight excluding hydrogens is 434 g/mol. The average Bonchev–Trinajstić information content (AvgIpc) is 2.83. The Labute approximate surface area is 197 Å². The van der Waals surface area contributed by atoms with Crippen LogP contribution in [0.25, 0.3) is 0 Å². The minimum absolute atomic E-state index is 0.0141. The van der Waals surface area contributed by atoms with E-state index in [1.165, 1.54) is 0 Å². The Morgan fingerprint density at radius 3 is 2.62 bits per heavy atom. The smallest absolute Gasteiger partial charge is 0.260 e. The maximum Gasteiger partial charge on any atom is 0.260 e. The summed E-state index contributed by atoms with van der Waals surface area (Å²) in [6.07, 6.45) is 3.84. The van der Waals surface area contributed by atoms with Crippen LogP contribution in [-0.2, 0) is 4.79 Å². The number of rotatable bonds is 4. The molecule has 1 fully saturated rings. The summed E-state index contributed by atoms with van der Waals surface area (Å²) in [4.78, 5) is 23.0. The van der Waals surface area contributed by atoms with Crippen molar-refractivity contribution in [3.8, 4) is 18.0 Å². The van der Waals surface area contributed by atoms with E-state index in [0.717, 1.165) is 31.5 Å². The second kappa shape index (κ2) is 9.55. The first-order chi connectivity index (χ1) is 16.4. The number of piperidine rings is 1. The molecule has 2 aromatic rings. The van der Waals surface area contributed by atoms with Gasteiger partial charge in [-0.1, -0.05) is 19.1 Å². The molecule has 0 aliphatic carbocycles. The Kier molecular flexibility index (Phi) is 6.37. The van der Waals surface area contributed by atoms with Crippen LogP contribution in [0.1, 0.15) is 42.5 Å². The van der Waals surface area contributed by atoms with Gasteiger partial charge in [0, 0.05) is 18.7 Å². The summed E-state index contributed by atoms with van der Waals surface area (Å²) in [7, 11) is 0. The molecule has 0 radical (unpaired) electrons. The van der Waals surface area contributed by atoms with Crippen LogP contribution < -0.4 is 26.8 Å². The molecule has 0 saturated carbocycles. The van der Waals surface area contributed by atoms with Crippen molar-refractivity contribution in [3.63, 3.8) is 0 Å². The van der Waals surface area contributed by atoms with E-state index in [1.807, 2.05) is 17.2 Å². The van der Waals surface area contributed by atoms with Crippen molar-refractivity contribution in [1.29, 1.82) is 10.5 Å². The fourth-order valence-electron chi connectivity index (χ4n) is 4.06. The minimum Gasteiger partial charge on any atom is -0.484 e. The third kappa shape index (κ3) is 4.50. The Hall–Kier alpha value is -4.51. The van der Waals surface area contributed by atoms with Crippen LogP contribution in [0.4, 0.5) is 17.3 Å². The molecule has 2 aliphatic rings. The lowest BCUT2D eigenvalue weighted by atomic mass is 9.95. The number of amides is 1. The van der Waals surface area contributed by atoms with Gasteiger partial charge >= 0.3 is 0 Å². The van der Waals surface area contributed by atoms with E-state index in [0.29, 0.717) is 23.0 Å². The number of nitrogens with zero attached hydrogens (tertiary/aromatic N) is 5. The first kappa shape index (κ1) is 22.7. The summed E-state index contributed by atoms with van der Waals surface area (Å²) >= 11 is 0. The standard InChI is InChI=1S/C23H25N9O2/c1-13-6-8-32(9-7-13)17(33)11-34-15-4-2-14(3-5-15)20-18-19(26)16(10-24)21(27)30-22(18)31-23(29-20)28-12-25/h2-5,13,20H,6-9,11H2,1H3,(H6,26,27,28,29,30,31). The zero-order valence-electron chi connectivity index (χ0n) is 18.7. The SMILES string of the molecule is CC1CCN(C(=O)COc2ccc(C3N=C(NC#N)Nc4nc(N)c(C#N)c(N)c43)cc2)CC1. The van der Waals surface area contributed by atoms with Crippen LogP contribution in [0, 0.1) is 28.7 Å². The minimum atomic E-state index is -0.640. The topological polar surface area (TPSA) is 178 Å². The molecule has 0 spiro atoms. The zero-order chi connectivity index (χ0) is 24.2. The van der Waals surface area contributed by atoms with E-state index >= 15 is 0 Å². The molecule has 4 rings (SSSR count). The molecule has 11 nitrogen and oxygen atoms in total. The van der Waals surface area contributed by atoms with E-state index in [-0.39, 0.29) is 35.5 Å². The van der Waals surface area contributed by atoms with Gasteiger partial charge in [0.2, 0.25) is 5.96 Å². The van der Waals surface area contributed by atoms with Crippen molar-refractivity contribution < 1.29 is 9.53 Å². The summed E-state index contributed by atoms with van der Waals surface area (Å²) in [6, 6.07) is 8.39. The third-order valence-electron chi connectivity index (χ3n) is 6.05. The maximum absolute atomic E-state index is 12.4. The molecule has 2 aliphatic heterocycles. The van der Waals surface area contributed by atoms with Crippen LogP contribution in [0.2, 0.25) is 0 Å². The largest absolute Gasteiger partial charge is 0.484 e. The number of anilines is 3. The number of fused-ring (bicyclic) bond motifs is 1. The highest BCUT2D eigenvalue weighted by Gasteiger charge is 2.29. The number of nitrogens with two attached hydrogens (primary N) is 2. The number of guanidine groups is 1. The van der Waals surface area contributed by atoms with Crippen molar-refractivity contribution in [2.45, 2.75) is 25.8 Å². The van der Waals surface area contributed by atoms with Crippen molar-refractivity contribution in [3.05, 3.63) is 41.0 Å². The van der Waals surface area contributed by atoms with Gasteiger partial charge in [-0.25, -0.2) is 9.98 Å². The number of aliphatic imine (C=N–C) groups is 1. The molecule has 1 amide bonds. The number of likely N-dealkylation sites (tertiary alicyclic amines) is 1. The van der Waals surface area contributed by atoms with Gasteiger partial charge in [0.25, 0.3) is 5.91 Å². The quantitative estimate of drug-likeness (QED) is 0.391. The zero-order valence-corrected chi connectivity index (χ0v) is 18.7. The van der Waals surface area contributed by atoms with Gasteiger partial charge in [-0.2, -0.15) is 10.5 Å². The van der Waals surface area contributed by atoms with Gasteiger partial charge in [-0.15, -0.1) is 0 Å². The van der Waals surface area contributed by atoms with Gasteiger partial charge < -0.3 is 26.4 Å². The monoisotopic (exact) mass is 459 g/mol. The van der Waals surface area contributed by atoms with Gasteiger partial charge in [0.15, 0.2) is 12.8 Å². The third-order valence-corrected chi connectivity index (χ3v) is 6.05. The number of aromatic nitrogens is 1. The van der Waals surface area contributed by atoms with E-state index < -0.39 is 6.04 Å². The number of hydrogen-bond acceptors (Lipinski definition) is 10. The van der Waals surface area contributed by atoms with Crippen molar-refractivity contribution in [2.24, 2.45) is 10.9 Å². The molecular formula is C23H25N9O2.